The fourth-order valence-corrected chi connectivity index (χ4v) is 3.87. The molecule has 0 atom stereocenters. The zero-order chi connectivity index (χ0) is 21.3. The first kappa shape index (κ1) is 19.6. The summed E-state index contributed by atoms with van der Waals surface area (Å²) in [6.45, 7) is 2.57. The van der Waals surface area contributed by atoms with Crippen LogP contribution in [0.15, 0.2) is 51.0 Å². The van der Waals surface area contributed by atoms with Gasteiger partial charge in [-0.1, -0.05) is 0 Å². The lowest BCUT2D eigenvalue weighted by Gasteiger charge is -2.09. The molecule has 0 aliphatic rings. The van der Waals surface area contributed by atoms with E-state index >= 15 is 0 Å². The molecule has 0 radical (unpaired) electrons. The van der Waals surface area contributed by atoms with E-state index < -0.39 is 10.7 Å². The molecule has 0 aliphatic heterocycles. The molecule has 154 valence electrons. The number of aromatic nitrogens is 2. The van der Waals surface area contributed by atoms with E-state index in [4.69, 9.17) is 13.9 Å². The van der Waals surface area contributed by atoms with E-state index in [0.29, 0.717) is 29.3 Å². The number of hydrogen-bond acceptors (Lipinski definition) is 8. The van der Waals surface area contributed by atoms with Crippen LogP contribution in [0.2, 0.25) is 0 Å². The van der Waals surface area contributed by atoms with Gasteiger partial charge in [0.1, 0.15) is 5.01 Å². The number of nitro benzene ring substituents is 1. The molecular weight excluding hydrogens is 410 g/mol. The first-order chi connectivity index (χ1) is 14.5. The number of oxazole rings is 1. The van der Waals surface area contributed by atoms with Gasteiger partial charge in [-0.25, -0.2) is 9.78 Å². The molecule has 0 saturated heterocycles. The topological polar surface area (TPSA) is 110 Å². The zero-order valence-electron chi connectivity index (χ0n) is 16.2. The van der Waals surface area contributed by atoms with Gasteiger partial charge in [0.15, 0.2) is 17.1 Å². The Labute approximate surface area is 174 Å². The van der Waals surface area contributed by atoms with Crippen LogP contribution in [0.4, 0.5) is 5.69 Å². The summed E-state index contributed by atoms with van der Waals surface area (Å²) < 4.78 is 17.4. The minimum absolute atomic E-state index is 0.113. The third-order valence-corrected chi connectivity index (χ3v) is 5.38. The van der Waals surface area contributed by atoms with E-state index in [-0.39, 0.29) is 17.8 Å². The standard InChI is InChI=1S/C20H17N3O6S/c1-3-28-17-6-4-12(8-18(17)27-2)19-21-13(11-30-19)10-22-15-9-14(23(25)26)5-7-16(15)29-20(22)24/h4-9,11H,3,10H2,1-2H3. The number of rotatable bonds is 7. The lowest BCUT2D eigenvalue weighted by Crippen LogP contribution is -2.15. The normalized spacial score (nSPS) is 11.0. The fourth-order valence-electron chi connectivity index (χ4n) is 3.06. The van der Waals surface area contributed by atoms with Crippen LogP contribution in [-0.4, -0.2) is 28.2 Å². The summed E-state index contributed by atoms with van der Waals surface area (Å²) in [7, 11) is 1.57. The highest BCUT2D eigenvalue weighted by molar-refractivity contribution is 7.13. The number of hydrogen-bond donors (Lipinski definition) is 0. The maximum absolute atomic E-state index is 12.3. The van der Waals surface area contributed by atoms with Gasteiger partial charge in [-0.3, -0.25) is 14.7 Å². The van der Waals surface area contributed by atoms with Crippen LogP contribution in [0, 0.1) is 10.1 Å². The van der Waals surface area contributed by atoms with E-state index in [9.17, 15) is 14.9 Å². The van der Waals surface area contributed by atoms with Crippen LogP contribution >= 0.6 is 11.3 Å². The molecule has 0 saturated carbocycles. The number of benzene rings is 2. The number of nitrogens with zero attached hydrogens (tertiary/aromatic N) is 3. The van der Waals surface area contributed by atoms with Gasteiger partial charge in [0.25, 0.3) is 5.69 Å². The van der Waals surface area contributed by atoms with Crippen molar-refractivity contribution < 1.29 is 18.8 Å². The summed E-state index contributed by atoms with van der Waals surface area (Å²) >= 11 is 1.42. The summed E-state index contributed by atoms with van der Waals surface area (Å²) in [6.07, 6.45) is 0. The highest BCUT2D eigenvalue weighted by Crippen LogP contribution is 2.34. The maximum Gasteiger partial charge on any atom is 0.420 e. The molecule has 10 heteroatoms. The number of nitro groups is 1. The van der Waals surface area contributed by atoms with Crippen molar-refractivity contribution in [2.75, 3.05) is 13.7 Å². The Morgan fingerprint density at radius 1 is 1.23 bits per heavy atom. The van der Waals surface area contributed by atoms with Gasteiger partial charge in [0.05, 0.1) is 36.4 Å². The number of methoxy groups -OCH3 is 1. The summed E-state index contributed by atoms with van der Waals surface area (Å²) in [5.74, 6) is 0.664. The highest BCUT2D eigenvalue weighted by Gasteiger charge is 2.16. The van der Waals surface area contributed by atoms with Gasteiger partial charge < -0.3 is 13.9 Å². The minimum atomic E-state index is -0.595. The van der Waals surface area contributed by atoms with Crippen molar-refractivity contribution in [2.24, 2.45) is 0 Å². The number of thiazole rings is 1. The molecule has 0 aliphatic carbocycles. The monoisotopic (exact) mass is 427 g/mol. The van der Waals surface area contributed by atoms with Gasteiger partial charge in [-0.05, 0) is 31.2 Å². The first-order valence-corrected chi connectivity index (χ1v) is 9.91. The lowest BCUT2D eigenvalue weighted by atomic mass is 10.2. The Morgan fingerprint density at radius 2 is 2.07 bits per heavy atom. The maximum atomic E-state index is 12.3. The van der Waals surface area contributed by atoms with Crippen molar-refractivity contribution >= 4 is 28.1 Å². The molecule has 30 heavy (non-hydrogen) atoms. The van der Waals surface area contributed by atoms with E-state index in [1.165, 1.54) is 34.1 Å². The largest absolute Gasteiger partial charge is 0.493 e. The summed E-state index contributed by atoms with van der Waals surface area (Å²) in [6, 6.07) is 9.60. The van der Waals surface area contributed by atoms with Crippen LogP contribution in [0.3, 0.4) is 0 Å². The van der Waals surface area contributed by atoms with E-state index in [2.05, 4.69) is 4.98 Å². The van der Waals surface area contributed by atoms with Gasteiger partial charge >= 0.3 is 5.76 Å². The number of non-ortho nitro benzene ring substituents is 1. The number of fused-ring (bicyclic) bond motifs is 1. The van der Waals surface area contributed by atoms with Crippen molar-refractivity contribution in [3.8, 4) is 22.1 Å². The Balaban J connectivity index is 1.66. The molecule has 9 nitrogen and oxygen atoms in total. The summed E-state index contributed by atoms with van der Waals surface area (Å²) in [5.41, 5.74) is 2.02. The second-order valence-electron chi connectivity index (χ2n) is 6.31. The first-order valence-electron chi connectivity index (χ1n) is 9.03. The Bertz CT molecular complexity index is 1290. The van der Waals surface area contributed by atoms with Crippen LogP contribution in [0.1, 0.15) is 12.6 Å². The van der Waals surface area contributed by atoms with Crippen LogP contribution in [0.5, 0.6) is 11.5 Å². The third-order valence-electron chi connectivity index (χ3n) is 4.44. The molecule has 2 aromatic carbocycles. The van der Waals surface area contributed by atoms with Crippen molar-refractivity contribution in [3.05, 3.63) is 68.1 Å². The van der Waals surface area contributed by atoms with E-state index in [1.807, 2.05) is 30.5 Å². The van der Waals surface area contributed by atoms with E-state index in [0.717, 1.165) is 10.6 Å². The van der Waals surface area contributed by atoms with Crippen LogP contribution in [0.25, 0.3) is 21.7 Å². The smallest absolute Gasteiger partial charge is 0.420 e. The predicted molar refractivity (Wildman–Crippen MR) is 112 cm³/mol. The van der Waals surface area contributed by atoms with Crippen molar-refractivity contribution in [2.45, 2.75) is 13.5 Å². The molecule has 0 fully saturated rings. The average molecular weight is 427 g/mol. The summed E-state index contributed by atoms with van der Waals surface area (Å²) in [4.78, 5) is 27.4. The molecule has 4 aromatic rings. The second kappa shape index (κ2) is 7.99. The Kier molecular flexibility index (Phi) is 5.23. The molecule has 0 bridgehead atoms. The molecule has 0 spiro atoms. The van der Waals surface area contributed by atoms with Gasteiger partial charge in [-0.15, -0.1) is 11.3 Å². The molecule has 0 N–H and O–H groups in total. The van der Waals surface area contributed by atoms with Gasteiger partial charge in [0, 0.05) is 23.1 Å². The van der Waals surface area contributed by atoms with Gasteiger partial charge in [0.2, 0.25) is 0 Å². The SMILES string of the molecule is CCOc1ccc(-c2nc(Cn3c(=O)oc4ccc([N+](=O)[O-])cc43)cs2)cc1OC. The van der Waals surface area contributed by atoms with Crippen LogP contribution in [-0.2, 0) is 6.54 Å². The fraction of sp³-hybridized carbons (Fsp3) is 0.200. The average Bonchev–Trinajstić information content (AvgIpc) is 3.33. The molecular formula is C20H17N3O6S. The van der Waals surface area contributed by atoms with Crippen molar-refractivity contribution in [3.63, 3.8) is 0 Å². The molecule has 2 aromatic heterocycles. The van der Waals surface area contributed by atoms with E-state index in [1.54, 1.807) is 7.11 Å². The number of ether oxygens (including phenoxy) is 2. The van der Waals surface area contributed by atoms with Crippen LogP contribution < -0.4 is 15.2 Å². The zero-order valence-corrected chi connectivity index (χ0v) is 17.0. The minimum Gasteiger partial charge on any atom is -0.493 e. The molecule has 0 amide bonds. The Hall–Kier alpha value is -3.66. The van der Waals surface area contributed by atoms with Crippen molar-refractivity contribution in [1.29, 1.82) is 0 Å². The summed E-state index contributed by atoms with van der Waals surface area (Å²) in [5, 5.41) is 13.6. The molecule has 0 unspecified atom stereocenters. The molecule has 2 heterocycles. The predicted octanol–water partition coefficient (Wildman–Crippen LogP) is 4.08. The highest BCUT2D eigenvalue weighted by atomic mass is 32.1. The van der Waals surface area contributed by atoms with Crippen molar-refractivity contribution in [1.82, 2.24) is 9.55 Å². The third kappa shape index (κ3) is 3.64. The van der Waals surface area contributed by atoms with Gasteiger partial charge in [-0.2, -0.15) is 0 Å². The quantitative estimate of drug-likeness (QED) is 0.323. The lowest BCUT2D eigenvalue weighted by molar-refractivity contribution is -0.384. The Morgan fingerprint density at radius 3 is 2.80 bits per heavy atom. The second-order valence-corrected chi connectivity index (χ2v) is 7.16. The molecule has 4 rings (SSSR count).